The lowest BCUT2D eigenvalue weighted by molar-refractivity contribution is -0.127. The smallest absolute Gasteiger partial charge is 0.264 e. The Hall–Kier alpha value is -4.96. The average molecular weight is 604 g/mol. The lowest BCUT2D eigenvalue weighted by Gasteiger charge is -2.25. The number of hydrogen-bond donors (Lipinski definition) is 1. The van der Waals surface area contributed by atoms with Crippen LogP contribution in [-0.2, 0) is 16.1 Å². The van der Waals surface area contributed by atoms with Crippen LogP contribution in [-0.4, -0.2) is 56.4 Å². The molecule has 0 saturated carbocycles. The lowest BCUT2D eigenvalue weighted by Crippen LogP contribution is -2.39. The molecule has 13 heteroatoms. The number of amides is 1. The van der Waals surface area contributed by atoms with Crippen LogP contribution in [0.1, 0.15) is 25.7 Å². The number of hydrogen-bond acceptors (Lipinski definition) is 8. The molecule has 0 aliphatic carbocycles. The number of halogens is 3. The molecule has 2 aliphatic rings. The summed E-state index contributed by atoms with van der Waals surface area (Å²) in [4.78, 5) is 23.6. The van der Waals surface area contributed by atoms with Gasteiger partial charge in [-0.3, -0.25) is 4.79 Å². The van der Waals surface area contributed by atoms with Crippen molar-refractivity contribution >= 4 is 22.8 Å². The van der Waals surface area contributed by atoms with E-state index in [4.69, 9.17) is 15.2 Å². The Morgan fingerprint density at radius 3 is 2.73 bits per heavy atom. The normalized spacial score (nSPS) is 17.6. The Balaban J connectivity index is 1.29. The molecule has 0 unspecified atom stereocenters. The van der Waals surface area contributed by atoms with Crippen molar-refractivity contribution in [1.82, 2.24) is 24.6 Å². The number of nitrogens with two attached hydrogens (primary N) is 1. The molecule has 226 valence electrons. The first-order chi connectivity index (χ1) is 21.3. The quantitative estimate of drug-likeness (QED) is 0.227. The molecule has 2 aromatic carbocycles. The van der Waals surface area contributed by atoms with Gasteiger partial charge in [0.05, 0.1) is 18.0 Å². The molecular weight excluding hydrogens is 575 g/mol. The van der Waals surface area contributed by atoms with Gasteiger partial charge in [0.25, 0.3) is 5.91 Å². The van der Waals surface area contributed by atoms with Gasteiger partial charge < -0.3 is 20.1 Å². The maximum Gasteiger partial charge on any atom is 0.264 e. The molecule has 2 aromatic heterocycles. The van der Waals surface area contributed by atoms with Gasteiger partial charge in [0.1, 0.15) is 41.0 Å². The Morgan fingerprint density at radius 2 is 1.95 bits per heavy atom. The zero-order chi connectivity index (χ0) is 30.8. The molecule has 4 aromatic rings. The van der Waals surface area contributed by atoms with Crippen LogP contribution in [0.4, 0.5) is 19.0 Å². The Kier molecular flexibility index (Phi) is 8.17. The van der Waals surface area contributed by atoms with Crippen molar-refractivity contribution in [2.45, 2.75) is 38.3 Å². The molecule has 0 radical (unpaired) electrons. The number of likely N-dealkylation sites (tertiary alicyclic amines) is 1. The maximum absolute atomic E-state index is 15.5. The highest BCUT2D eigenvalue weighted by atomic mass is 19.2. The first kappa shape index (κ1) is 29.1. The van der Waals surface area contributed by atoms with Crippen LogP contribution >= 0.6 is 0 Å². The van der Waals surface area contributed by atoms with Gasteiger partial charge in [-0.25, -0.2) is 23.4 Å². The number of ether oxygens (including phenoxy) is 2. The number of aromatic nitrogens is 4. The molecule has 6 rings (SSSR count). The summed E-state index contributed by atoms with van der Waals surface area (Å²) >= 11 is 0. The molecule has 10 nitrogen and oxygen atoms in total. The molecule has 0 bridgehead atoms. The van der Waals surface area contributed by atoms with Gasteiger partial charge in [-0.05, 0) is 55.9 Å². The van der Waals surface area contributed by atoms with Crippen LogP contribution < -0.4 is 10.5 Å². The van der Waals surface area contributed by atoms with E-state index in [2.05, 4.69) is 21.1 Å². The van der Waals surface area contributed by atoms with Crippen molar-refractivity contribution < 1.29 is 27.4 Å². The minimum Gasteiger partial charge on any atom is -0.454 e. The van der Waals surface area contributed by atoms with Crippen LogP contribution in [0.25, 0.3) is 22.3 Å². The largest absolute Gasteiger partial charge is 0.454 e. The van der Waals surface area contributed by atoms with Crippen molar-refractivity contribution in [3.63, 3.8) is 0 Å². The van der Waals surface area contributed by atoms with Crippen molar-refractivity contribution in [2.75, 3.05) is 25.5 Å². The summed E-state index contributed by atoms with van der Waals surface area (Å²) in [5, 5.41) is 14.8. The summed E-state index contributed by atoms with van der Waals surface area (Å²) in [6.45, 7) is 1.92. The molecule has 2 saturated heterocycles. The standard InChI is InChI=1S/C31H28F3N7O3/c32-23-4-1-5-25(27(23)34)44-21-6-7-22(24(33)14-21)28-26-29(36)37-17-38-30(26)41(39-28)16-20-3-2-10-40(20)31(42)19(15-35)13-18-8-11-43-12-9-18/h1,4-7,13-14,17-18,20H,2-3,8-12,16H2,(H2,36,37,38)/b19-13+/t20-/m0/s1. The Morgan fingerprint density at radius 1 is 1.14 bits per heavy atom. The summed E-state index contributed by atoms with van der Waals surface area (Å²) in [6, 6.07) is 9.09. The number of allylic oxidation sites excluding steroid dienone is 1. The van der Waals surface area contributed by atoms with Gasteiger partial charge in [0.2, 0.25) is 5.82 Å². The molecule has 2 N–H and O–H groups in total. The van der Waals surface area contributed by atoms with Gasteiger partial charge in [-0.2, -0.15) is 14.8 Å². The van der Waals surface area contributed by atoms with E-state index in [9.17, 15) is 18.8 Å². The molecule has 44 heavy (non-hydrogen) atoms. The molecule has 1 atom stereocenters. The topological polar surface area (TPSA) is 132 Å². The fraction of sp³-hybridized carbons (Fsp3) is 0.323. The third-order valence-corrected chi connectivity index (χ3v) is 7.94. The third-order valence-electron chi connectivity index (χ3n) is 7.94. The van der Waals surface area contributed by atoms with Crippen molar-refractivity contribution in [1.29, 1.82) is 5.26 Å². The van der Waals surface area contributed by atoms with Crippen molar-refractivity contribution in [3.05, 3.63) is 71.8 Å². The molecular formula is C31H28F3N7O3. The lowest BCUT2D eigenvalue weighted by atomic mass is 9.97. The highest BCUT2D eigenvalue weighted by molar-refractivity contribution is 5.99. The third kappa shape index (κ3) is 5.68. The van der Waals surface area contributed by atoms with Gasteiger partial charge in [-0.1, -0.05) is 12.1 Å². The molecule has 4 heterocycles. The summed E-state index contributed by atoms with van der Waals surface area (Å²) < 4.78 is 55.5. The van der Waals surface area contributed by atoms with Gasteiger partial charge in [-0.15, -0.1) is 0 Å². The predicted molar refractivity (Wildman–Crippen MR) is 154 cm³/mol. The summed E-state index contributed by atoms with van der Waals surface area (Å²) in [6.07, 6.45) is 5.98. The van der Waals surface area contributed by atoms with Crippen molar-refractivity contribution in [2.24, 2.45) is 5.92 Å². The van der Waals surface area contributed by atoms with Gasteiger partial charge >= 0.3 is 0 Å². The number of nitrogens with zero attached hydrogens (tertiary/aromatic N) is 6. The van der Waals surface area contributed by atoms with Gasteiger partial charge in [0.15, 0.2) is 17.2 Å². The highest BCUT2D eigenvalue weighted by Crippen LogP contribution is 2.35. The fourth-order valence-electron chi connectivity index (χ4n) is 5.71. The van der Waals surface area contributed by atoms with E-state index in [1.165, 1.54) is 30.6 Å². The van der Waals surface area contributed by atoms with Crippen LogP contribution in [0, 0.1) is 34.7 Å². The number of fused-ring (bicyclic) bond motifs is 1. The minimum absolute atomic E-state index is 0.0501. The number of benzene rings is 2. The first-order valence-corrected chi connectivity index (χ1v) is 14.2. The SMILES string of the molecule is N#C/C(=C\C1CCOCC1)C(=O)N1CCC[C@H]1Cn1nc(-c2ccc(Oc3cccc(F)c3F)cc2F)c2c(N)ncnc21. The summed E-state index contributed by atoms with van der Waals surface area (Å²) in [5.41, 5.74) is 6.91. The Labute approximate surface area is 250 Å². The minimum atomic E-state index is -1.19. The van der Waals surface area contributed by atoms with E-state index >= 15 is 4.39 Å². The molecule has 2 fully saturated rings. The number of nitrogen functional groups attached to an aromatic ring is 1. The van der Waals surface area contributed by atoms with E-state index in [1.54, 1.807) is 15.7 Å². The van der Waals surface area contributed by atoms with E-state index in [-0.39, 0.29) is 58.6 Å². The van der Waals surface area contributed by atoms with Gasteiger partial charge in [0, 0.05) is 31.4 Å². The number of carbonyl (C=O) groups excluding carboxylic acids is 1. The van der Waals surface area contributed by atoms with Crippen LogP contribution in [0.15, 0.2) is 54.4 Å². The van der Waals surface area contributed by atoms with Crippen LogP contribution in [0.2, 0.25) is 0 Å². The van der Waals surface area contributed by atoms with Crippen LogP contribution in [0.5, 0.6) is 11.5 Å². The highest BCUT2D eigenvalue weighted by Gasteiger charge is 2.33. The average Bonchev–Trinajstić information content (AvgIpc) is 3.64. The Bertz CT molecular complexity index is 1800. The van der Waals surface area contributed by atoms with Crippen LogP contribution in [0.3, 0.4) is 0 Å². The monoisotopic (exact) mass is 603 g/mol. The molecule has 0 spiro atoms. The second kappa shape index (κ2) is 12.3. The predicted octanol–water partition coefficient (Wildman–Crippen LogP) is 5.15. The second-order valence-corrected chi connectivity index (χ2v) is 10.7. The van der Waals surface area contributed by atoms with E-state index in [0.29, 0.717) is 37.2 Å². The number of nitriles is 1. The first-order valence-electron chi connectivity index (χ1n) is 14.2. The summed E-state index contributed by atoms with van der Waals surface area (Å²) in [5.74, 6) is -3.59. The van der Waals surface area contributed by atoms with E-state index in [0.717, 1.165) is 31.4 Å². The zero-order valence-electron chi connectivity index (χ0n) is 23.5. The maximum atomic E-state index is 15.5. The number of carbonyl (C=O) groups is 1. The second-order valence-electron chi connectivity index (χ2n) is 10.7. The summed E-state index contributed by atoms with van der Waals surface area (Å²) in [7, 11) is 0. The number of rotatable bonds is 7. The van der Waals surface area contributed by atoms with E-state index < -0.39 is 17.5 Å². The number of anilines is 1. The zero-order valence-corrected chi connectivity index (χ0v) is 23.5. The fourth-order valence-corrected chi connectivity index (χ4v) is 5.71. The van der Waals surface area contributed by atoms with E-state index in [1.807, 2.05) is 0 Å². The van der Waals surface area contributed by atoms with Crippen molar-refractivity contribution in [3.8, 4) is 28.8 Å². The molecule has 2 aliphatic heterocycles. The molecule has 1 amide bonds.